The zero-order chi connectivity index (χ0) is 25.5. The minimum atomic E-state index is -0.902. The van der Waals surface area contributed by atoms with Crippen LogP contribution in [0.3, 0.4) is 0 Å². The first-order valence-corrected chi connectivity index (χ1v) is 11.8. The van der Waals surface area contributed by atoms with Crippen LogP contribution in [0, 0.1) is 0 Å². The SMILES string of the molecule is CN(C)c1ccc(C(=O)OC(C)(C)CCCCOC(C)(C)C(=O)c2ccc(N(C)C)cc2)cc1. The van der Waals surface area contributed by atoms with Crippen molar-refractivity contribution in [3.8, 4) is 0 Å². The minimum absolute atomic E-state index is 0.0349. The molecule has 0 heterocycles. The largest absolute Gasteiger partial charge is 0.456 e. The van der Waals surface area contributed by atoms with Crippen LogP contribution in [0.5, 0.6) is 0 Å². The number of rotatable bonds is 12. The van der Waals surface area contributed by atoms with Gasteiger partial charge in [0.05, 0.1) is 5.56 Å². The minimum Gasteiger partial charge on any atom is -0.456 e. The van der Waals surface area contributed by atoms with E-state index in [9.17, 15) is 9.59 Å². The highest BCUT2D eigenvalue weighted by atomic mass is 16.6. The van der Waals surface area contributed by atoms with Crippen LogP contribution in [-0.2, 0) is 9.47 Å². The molecule has 0 amide bonds. The van der Waals surface area contributed by atoms with Crippen LogP contribution in [0.1, 0.15) is 67.7 Å². The van der Waals surface area contributed by atoms with E-state index in [1.165, 1.54) is 0 Å². The molecule has 0 aliphatic heterocycles. The Morgan fingerprint density at radius 3 is 1.68 bits per heavy atom. The lowest BCUT2D eigenvalue weighted by Gasteiger charge is -2.26. The average molecular weight is 469 g/mol. The Balaban J connectivity index is 1.78. The van der Waals surface area contributed by atoms with Crippen molar-refractivity contribution in [1.29, 1.82) is 0 Å². The molecule has 0 spiro atoms. The second-order valence-electron chi connectivity index (χ2n) is 10.2. The van der Waals surface area contributed by atoms with Crippen LogP contribution in [-0.4, -0.2) is 57.8 Å². The summed E-state index contributed by atoms with van der Waals surface area (Å²) in [5.74, 6) is -0.356. The predicted octanol–water partition coefficient (Wildman–Crippen LogP) is 5.60. The predicted molar refractivity (Wildman–Crippen MR) is 139 cm³/mol. The van der Waals surface area contributed by atoms with Crippen molar-refractivity contribution in [2.45, 2.75) is 58.2 Å². The highest BCUT2D eigenvalue weighted by Crippen LogP contribution is 2.23. The molecule has 0 unspecified atom stereocenters. The molecule has 2 aromatic carbocycles. The summed E-state index contributed by atoms with van der Waals surface area (Å²) in [7, 11) is 7.85. The lowest BCUT2D eigenvalue weighted by molar-refractivity contribution is -0.0150. The van der Waals surface area contributed by atoms with Gasteiger partial charge in [0.15, 0.2) is 5.78 Å². The highest BCUT2D eigenvalue weighted by Gasteiger charge is 2.30. The quantitative estimate of drug-likeness (QED) is 0.229. The van der Waals surface area contributed by atoms with Crippen LogP contribution in [0.4, 0.5) is 11.4 Å². The van der Waals surface area contributed by atoms with Gasteiger partial charge in [-0.05, 0) is 95.5 Å². The Hall–Kier alpha value is -2.86. The van der Waals surface area contributed by atoms with Crippen molar-refractivity contribution in [2.75, 3.05) is 44.6 Å². The summed E-state index contributed by atoms with van der Waals surface area (Å²) >= 11 is 0. The molecule has 0 radical (unpaired) electrons. The molecule has 34 heavy (non-hydrogen) atoms. The van der Waals surface area contributed by atoms with Gasteiger partial charge in [-0.25, -0.2) is 4.79 Å². The summed E-state index contributed by atoms with van der Waals surface area (Å²) in [5, 5.41) is 0. The van der Waals surface area contributed by atoms with Gasteiger partial charge in [-0.3, -0.25) is 4.79 Å². The first-order valence-electron chi connectivity index (χ1n) is 11.8. The molecular formula is C28H40N2O4. The number of ketones is 1. The molecule has 0 N–H and O–H groups in total. The van der Waals surface area contributed by atoms with E-state index >= 15 is 0 Å². The Labute approximate surface area is 204 Å². The van der Waals surface area contributed by atoms with Crippen LogP contribution in [0.2, 0.25) is 0 Å². The lowest BCUT2D eigenvalue weighted by atomic mass is 9.96. The molecule has 0 bridgehead atoms. The molecule has 0 atom stereocenters. The average Bonchev–Trinajstić information content (AvgIpc) is 2.78. The van der Waals surface area contributed by atoms with Crippen molar-refractivity contribution in [1.82, 2.24) is 0 Å². The first kappa shape index (κ1) is 27.4. The molecule has 0 aliphatic rings. The van der Waals surface area contributed by atoms with Crippen molar-refractivity contribution in [3.05, 3.63) is 59.7 Å². The molecular weight excluding hydrogens is 428 g/mol. The lowest BCUT2D eigenvalue weighted by Crippen LogP contribution is -2.35. The van der Waals surface area contributed by atoms with Gasteiger partial charge in [0.2, 0.25) is 0 Å². The molecule has 186 valence electrons. The van der Waals surface area contributed by atoms with Crippen LogP contribution >= 0.6 is 0 Å². The van der Waals surface area contributed by atoms with Gasteiger partial charge in [-0.1, -0.05) is 0 Å². The zero-order valence-electron chi connectivity index (χ0n) is 22.0. The number of unbranched alkanes of at least 4 members (excludes halogenated alkanes) is 1. The van der Waals surface area contributed by atoms with E-state index in [0.29, 0.717) is 24.2 Å². The summed E-state index contributed by atoms with van der Waals surface area (Å²) in [6.45, 7) is 7.92. The summed E-state index contributed by atoms with van der Waals surface area (Å²) < 4.78 is 11.7. The molecule has 0 saturated carbocycles. The number of Topliss-reactive ketones (excluding diaryl/α,β-unsaturated/α-hetero) is 1. The molecule has 0 fully saturated rings. The van der Waals surface area contributed by atoms with Gasteiger partial charge in [-0.15, -0.1) is 0 Å². The number of benzene rings is 2. The molecule has 6 nitrogen and oxygen atoms in total. The van der Waals surface area contributed by atoms with E-state index in [-0.39, 0.29) is 11.8 Å². The molecule has 2 rings (SSSR count). The number of hydrogen-bond acceptors (Lipinski definition) is 6. The fraction of sp³-hybridized carbons (Fsp3) is 0.500. The molecule has 0 aromatic heterocycles. The highest BCUT2D eigenvalue weighted by molar-refractivity contribution is 6.02. The smallest absolute Gasteiger partial charge is 0.338 e. The summed E-state index contributed by atoms with van der Waals surface area (Å²) in [4.78, 5) is 29.4. The number of ether oxygens (including phenoxy) is 2. The van der Waals surface area contributed by atoms with Crippen molar-refractivity contribution >= 4 is 23.1 Å². The number of carbonyl (C=O) groups is 2. The van der Waals surface area contributed by atoms with E-state index in [1.54, 1.807) is 12.1 Å². The van der Waals surface area contributed by atoms with Gasteiger partial charge in [0.25, 0.3) is 0 Å². The zero-order valence-corrected chi connectivity index (χ0v) is 22.0. The van der Waals surface area contributed by atoms with Crippen LogP contribution in [0.15, 0.2) is 48.5 Å². The first-order chi connectivity index (χ1) is 15.8. The summed E-state index contributed by atoms with van der Waals surface area (Å²) in [6, 6.07) is 14.9. The van der Waals surface area contributed by atoms with E-state index < -0.39 is 11.2 Å². The van der Waals surface area contributed by atoms with Crippen LogP contribution < -0.4 is 9.80 Å². The summed E-state index contributed by atoms with van der Waals surface area (Å²) in [5.41, 5.74) is 1.77. The van der Waals surface area contributed by atoms with Gasteiger partial charge >= 0.3 is 5.97 Å². The van der Waals surface area contributed by atoms with Gasteiger partial charge < -0.3 is 19.3 Å². The molecule has 6 heteroatoms. The number of nitrogens with zero attached hydrogens (tertiary/aromatic N) is 2. The Bertz CT molecular complexity index is 945. The van der Waals surface area contributed by atoms with E-state index in [0.717, 1.165) is 24.2 Å². The Morgan fingerprint density at radius 2 is 1.21 bits per heavy atom. The van der Waals surface area contributed by atoms with Crippen LogP contribution in [0.25, 0.3) is 0 Å². The molecule has 0 aliphatic carbocycles. The van der Waals surface area contributed by atoms with Gasteiger partial charge in [-0.2, -0.15) is 0 Å². The fourth-order valence-corrected chi connectivity index (χ4v) is 3.56. The maximum atomic E-state index is 12.9. The number of hydrogen-bond donors (Lipinski definition) is 0. The van der Waals surface area contributed by atoms with Gasteiger partial charge in [0.1, 0.15) is 11.2 Å². The van der Waals surface area contributed by atoms with E-state index in [2.05, 4.69) is 0 Å². The topological polar surface area (TPSA) is 59.1 Å². The van der Waals surface area contributed by atoms with Crippen molar-refractivity contribution < 1.29 is 19.1 Å². The van der Waals surface area contributed by atoms with Crippen molar-refractivity contribution in [3.63, 3.8) is 0 Å². The third kappa shape index (κ3) is 7.87. The van der Waals surface area contributed by atoms with E-state index in [1.807, 2.05) is 102 Å². The number of carbonyl (C=O) groups excluding carboxylic acids is 2. The Morgan fingerprint density at radius 1 is 0.735 bits per heavy atom. The third-order valence-electron chi connectivity index (χ3n) is 5.82. The standard InChI is InChI=1S/C28H40N2O4/c1-27(2,34-26(32)22-13-17-24(18-14-22)30(7)8)19-9-10-20-33-28(3,4)25(31)21-11-15-23(16-12-21)29(5)6/h11-18H,9-10,19-20H2,1-8H3. The fourth-order valence-electron chi connectivity index (χ4n) is 3.56. The number of anilines is 2. The van der Waals surface area contributed by atoms with Crippen molar-refractivity contribution in [2.24, 2.45) is 0 Å². The normalized spacial score (nSPS) is 11.8. The third-order valence-corrected chi connectivity index (χ3v) is 5.82. The molecule has 0 saturated heterocycles. The maximum Gasteiger partial charge on any atom is 0.338 e. The monoisotopic (exact) mass is 468 g/mol. The second-order valence-corrected chi connectivity index (χ2v) is 10.2. The maximum absolute atomic E-state index is 12.9. The Kier molecular flexibility index (Phi) is 9.28. The van der Waals surface area contributed by atoms with E-state index in [4.69, 9.17) is 9.47 Å². The van der Waals surface area contributed by atoms with Gasteiger partial charge in [0, 0.05) is 51.7 Å². The summed E-state index contributed by atoms with van der Waals surface area (Å²) in [6.07, 6.45) is 2.30. The molecule has 2 aromatic rings. The number of esters is 1. The second kappa shape index (κ2) is 11.5.